The first-order valence-electron chi connectivity index (χ1n) is 10.5. The first-order chi connectivity index (χ1) is 17.1. The quantitative estimate of drug-likeness (QED) is 0.412. The molecule has 0 spiro atoms. The van der Waals surface area contributed by atoms with E-state index in [0.717, 1.165) is 30.3 Å². The van der Waals surface area contributed by atoms with Crippen LogP contribution < -0.4 is 16.6 Å². The molecule has 4 aromatic rings. The third-order valence-electron chi connectivity index (χ3n) is 5.12. The van der Waals surface area contributed by atoms with Gasteiger partial charge in [0.1, 0.15) is 5.82 Å². The van der Waals surface area contributed by atoms with Crippen molar-refractivity contribution in [2.75, 3.05) is 0 Å². The van der Waals surface area contributed by atoms with Gasteiger partial charge in [-0.25, -0.2) is 9.18 Å². The van der Waals surface area contributed by atoms with E-state index >= 15 is 0 Å². The van der Waals surface area contributed by atoms with Crippen molar-refractivity contribution in [1.82, 2.24) is 24.6 Å². The van der Waals surface area contributed by atoms with Crippen LogP contribution in [0.1, 0.15) is 27.2 Å². The highest BCUT2D eigenvalue weighted by atomic mass is 19.4. The van der Waals surface area contributed by atoms with E-state index in [1.54, 1.807) is 12.1 Å². The molecule has 0 saturated carbocycles. The standard InChI is InChI=1S/C24H17F4N5O3/c25-18-5-1-3-15(11-18)14-32-22(35)20(21(34)30-13-16-4-2-10-29-12-16)31-33(23(32)36)19-8-6-17(7-9-19)24(26,27)28/h1-12H,13-14H2,(H,30,34). The number of amides is 1. The van der Waals surface area contributed by atoms with Gasteiger partial charge in [0.15, 0.2) is 0 Å². The molecule has 1 N–H and O–H groups in total. The summed E-state index contributed by atoms with van der Waals surface area (Å²) < 4.78 is 53.9. The average Bonchev–Trinajstić information content (AvgIpc) is 2.85. The molecule has 0 saturated heterocycles. The Balaban J connectivity index is 1.79. The fourth-order valence-electron chi connectivity index (χ4n) is 3.34. The third-order valence-corrected chi connectivity index (χ3v) is 5.12. The molecule has 0 fully saturated rings. The lowest BCUT2D eigenvalue weighted by Crippen LogP contribution is -2.46. The number of benzene rings is 2. The SMILES string of the molecule is O=C(NCc1cccnc1)c1nn(-c2ccc(C(F)(F)F)cc2)c(=O)n(Cc2cccc(F)c2)c1=O. The zero-order chi connectivity index (χ0) is 25.9. The van der Waals surface area contributed by atoms with Gasteiger partial charge in [-0.1, -0.05) is 18.2 Å². The van der Waals surface area contributed by atoms with Crippen LogP contribution >= 0.6 is 0 Å². The van der Waals surface area contributed by atoms with Gasteiger partial charge in [0, 0.05) is 18.9 Å². The van der Waals surface area contributed by atoms with Crippen LogP contribution in [0.2, 0.25) is 0 Å². The topological polar surface area (TPSA) is 98.9 Å². The van der Waals surface area contributed by atoms with E-state index in [9.17, 15) is 31.9 Å². The molecule has 0 aliphatic rings. The van der Waals surface area contributed by atoms with Crippen molar-refractivity contribution >= 4 is 5.91 Å². The number of alkyl halides is 3. The van der Waals surface area contributed by atoms with Crippen molar-refractivity contribution in [3.63, 3.8) is 0 Å². The zero-order valence-electron chi connectivity index (χ0n) is 18.4. The normalized spacial score (nSPS) is 11.3. The van der Waals surface area contributed by atoms with Crippen molar-refractivity contribution in [3.05, 3.63) is 122 Å². The highest BCUT2D eigenvalue weighted by Gasteiger charge is 2.30. The summed E-state index contributed by atoms with van der Waals surface area (Å²) in [5, 5.41) is 6.36. The maximum absolute atomic E-state index is 13.7. The maximum atomic E-state index is 13.7. The molecule has 0 radical (unpaired) electrons. The summed E-state index contributed by atoms with van der Waals surface area (Å²) in [6, 6.07) is 11.9. The second kappa shape index (κ2) is 9.94. The van der Waals surface area contributed by atoms with Gasteiger partial charge in [-0.2, -0.15) is 23.0 Å². The predicted molar refractivity (Wildman–Crippen MR) is 120 cm³/mol. The second-order valence-electron chi connectivity index (χ2n) is 7.65. The van der Waals surface area contributed by atoms with Crippen LogP contribution in [0, 0.1) is 5.82 Å². The van der Waals surface area contributed by atoms with Crippen molar-refractivity contribution in [1.29, 1.82) is 0 Å². The van der Waals surface area contributed by atoms with Crippen LogP contribution in [-0.4, -0.2) is 25.2 Å². The number of hydrogen-bond donors (Lipinski definition) is 1. The van der Waals surface area contributed by atoms with Crippen LogP contribution in [0.3, 0.4) is 0 Å². The number of nitrogens with zero attached hydrogens (tertiary/aromatic N) is 4. The number of hydrogen-bond acceptors (Lipinski definition) is 5. The first-order valence-corrected chi connectivity index (χ1v) is 10.5. The van der Waals surface area contributed by atoms with Gasteiger partial charge in [0.2, 0.25) is 5.69 Å². The molecule has 8 nitrogen and oxygen atoms in total. The molecule has 0 aliphatic heterocycles. The molecule has 0 bridgehead atoms. The van der Waals surface area contributed by atoms with Crippen LogP contribution in [0.15, 0.2) is 82.6 Å². The molecule has 0 aliphatic carbocycles. The van der Waals surface area contributed by atoms with E-state index < -0.39 is 47.0 Å². The molecular formula is C24H17F4N5O3. The molecular weight excluding hydrogens is 482 g/mol. The minimum absolute atomic E-state index is 0.00288. The van der Waals surface area contributed by atoms with E-state index in [1.165, 1.54) is 30.6 Å². The molecule has 184 valence electrons. The Hall–Kier alpha value is -4.61. The van der Waals surface area contributed by atoms with Crippen LogP contribution in [0.4, 0.5) is 17.6 Å². The summed E-state index contributed by atoms with van der Waals surface area (Å²) in [5.74, 6) is -1.52. The summed E-state index contributed by atoms with van der Waals surface area (Å²) in [4.78, 5) is 43.0. The molecule has 12 heteroatoms. The minimum atomic E-state index is -4.61. The summed E-state index contributed by atoms with van der Waals surface area (Å²) in [5.41, 5.74) is -2.93. The third kappa shape index (κ3) is 5.37. The van der Waals surface area contributed by atoms with Gasteiger partial charge < -0.3 is 5.32 Å². The Morgan fingerprint density at radius 1 is 0.972 bits per heavy atom. The lowest BCUT2D eigenvalue weighted by molar-refractivity contribution is -0.137. The Kier molecular flexibility index (Phi) is 6.77. The van der Waals surface area contributed by atoms with Crippen LogP contribution in [0.25, 0.3) is 5.69 Å². The Bertz CT molecular complexity index is 1510. The van der Waals surface area contributed by atoms with Gasteiger partial charge in [0.25, 0.3) is 11.5 Å². The summed E-state index contributed by atoms with van der Waals surface area (Å²) in [6.07, 6.45) is -1.57. The van der Waals surface area contributed by atoms with Crippen molar-refractivity contribution in [2.24, 2.45) is 0 Å². The molecule has 0 unspecified atom stereocenters. The lowest BCUT2D eigenvalue weighted by Gasteiger charge is -2.13. The maximum Gasteiger partial charge on any atom is 0.416 e. The Morgan fingerprint density at radius 3 is 2.33 bits per heavy atom. The zero-order valence-corrected chi connectivity index (χ0v) is 18.4. The van der Waals surface area contributed by atoms with Gasteiger partial charge in [0.05, 0.1) is 17.8 Å². The van der Waals surface area contributed by atoms with E-state index in [1.807, 2.05) is 0 Å². The average molecular weight is 499 g/mol. The van der Waals surface area contributed by atoms with Gasteiger partial charge in [-0.3, -0.25) is 19.1 Å². The highest BCUT2D eigenvalue weighted by molar-refractivity contribution is 5.91. The molecule has 4 rings (SSSR count). The van der Waals surface area contributed by atoms with Gasteiger partial charge >= 0.3 is 11.9 Å². The van der Waals surface area contributed by atoms with E-state index in [-0.39, 0.29) is 17.8 Å². The predicted octanol–water partition coefficient (Wildman–Crippen LogP) is 2.93. The van der Waals surface area contributed by atoms with Crippen LogP contribution in [-0.2, 0) is 19.3 Å². The van der Waals surface area contributed by atoms with Crippen molar-refractivity contribution < 1.29 is 22.4 Å². The van der Waals surface area contributed by atoms with Crippen molar-refractivity contribution in [3.8, 4) is 5.69 Å². The fourth-order valence-corrected chi connectivity index (χ4v) is 3.34. The number of halogens is 4. The second-order valence-corrected chi connectivity index (χ2v) is 7.65. The number of rotatable bonds is 6. The molecule has 0 atom stereocenters. The molecule has 36 heavy (non-hydrogen) atoms. The fraction of sp³-hybridized carbons (Fsp3) is 0.125. The Labute approximate surface area is 200 Å². The summed E-state index contributed by atoms with van der Waals surface area (Å²) in [7, 11) is 0. The minimum Gasteiger partial charge on any atom is -0.346 e. The van der Waals surface area contributed by atoms with E-state index in [4.69, 9.17) is 0 Å². The molecule has 2 aromatic carbocycles. The summed E-state index contributed by atoms with van der Waals surface area (Å²) >= 11 is 0. The first kappa shape index (κ1) is 24.5. The monoisotopic (exact) mass is 499 g/mol. The van der Waals surface area contributed by atoms with Gasteiger partial charge in [-0.05, 0) is 53.6 Å². The highest BCUT2D eigenvalue weighted by Crippen LogP contribution is 2.29. The molecule has 2 heterocycles. The van der Waals surface area contributed by atoms with Crippen LogP contribution in [0.5, 0.6) is 0 Å². The lowest BCUT2D eigenvalue weighted by atomic mass is 10.2. The number of nitrogens with one attached hydrogen (secondary N) is 1. The number of aromatic nitrogens is 4. The smallest absolute Gasteiger partial charge is 0.346 e. The number of carbonyl (C=O) groups is 1. The molecule has 2 aromatic heterocycles. The van der Waals surface area contributed by atoms with E-state index in [0.29, 0.717) is 14.8 Å². The summed E-state index contributed by atoms with van der Waals surface area (Å²) in [6.45, 7) is -0.404. The number of pyridine rings is 1. The van der Waals surface area contributed by atoms with E-state index in [2.05, 4.69) is 15.4 Å². The molecule has 1 amide bonds. The Morgan fingerprint density at radius 2 is 1.69 bits per heavy atom. The van der Waals surface area contributed by atoms with Gasteiger partial charge in [-0.15, -0.1) is 0 Å². The van der Waals surface area contributed by atoms with Crippen molar-refractivity contribution in [2.45, 2.75) is 19.3 Å². The largest absolute Gasteiger partial charge is 0.416 e. The number of carbonyl (C=O) groups excluding carboxylic acids is 1.